The second-order valence-electron chi connectivity index (χ2n) is 3.86. The second-order valence-corrected chi connectivity index (χ2v) is 3.86. The van der Waals surface area contributed by atoms with Crippen molar-refractivity contribution in [3.8, 4) is 5.75 Å². The van der Waals surface area contributed by atoms with Crippen LogP contribution in [0.3, 0.4) is 0 Å². The Morgan fingerprint density at radius 2 is 1.72 bits per heavy atom. The molecule has 18 heavy (non-hydrogen) atoms. The number of hydrogen-bond donors (Lipinski definition) is 1. The van der Waals surface area contributed by atoms with Crippen molar-refractivity contribution in [1.29, 1.82) is 0 Å². The van der Waals surface area contributed by atoms with E-state index < -0.39 is 11.7 Å². The summed E-state index contributed by atoms with van der Waals surface area (Å²) in [5.41, 5.74) is 0.606. The Morgan fingerprint density at radius 1 is 1.11 bits per heavy atom. The number of carbonyl (C=O) groups is 1. The Kier molecular flexibility index (Phi) is 3.28. The first-order valence-corrected chi connectivity index (χ1v) is 5.41. The van der Waals surface area contributed by atoms with Crippen molar-refractivity contribution in [2.45, 2.75) is 0 Å². The topological polar surface area (TPSA) is 40.5 Å². The number of amides is 1. The van der Waals surface area contributed by atoms with Crippen LogP contribution in [0.4, 0.5) is 10.1 Å². The number of phenols is 1. The van der Waals surface area contributed by atoms with Crippen molar-refractivity contribution < 1.29 is 14.3 Å². The lowest BCUT2D eigenvalue weighted by Gasteiger charge is -2.17. The summed E-state index contributed by atoms with van der Waals surface area (Å²) in [6.07, 6.45) is 0. The molecule has 2 aromatic rings. The summed E-state index contributed by atoms with van der Waals surface area (Å²) in [6, 6.07) is 12.0. The highest BCUT2D eigenvalue weighted by atomic mass is 19.1. The zero-order chi connectivity index (χ0) is 13.1. The van der Waals surface area contributed by atoms with Crippen LogP contribution in [-0.4, -0.2) is 18.1 Å². The van der Waals surface area contributed by atoms with Crippen LogP contribution in [0.15, 0.2) is 48.5 Å². The predicted octanol–water partition coefficient (Wildman–Crippen LogP) is 2.81. The summed E-state index contributed by atoms with van der Waals surface area (Å²) in [5, 5.41) is 9.17. The van der Waals surface area contributed by atoms with Crippen molar-refractivity contribution in [1.82, 2.24) is 0 Å². The molecule has 0 aliphatic heterocycles. The number of anilines is 1. The third-order valence-electron chi connectivity index (χ3n) is 2.65. The van der Waals surface area contributed by atoms with E-state index in [1.54, 1.807) is 25.2 Å². The number of carbonyl (C=O) groups excluding carboxylic acids is 1. The van der Waals surface area contributed by atoms with E-state index in [4.69, 9.17) is 0 Å². The highest BCUT2D eigenvalue weighted by Crippen LogP contribution is 2.19. The van der Waals surface area contributed by atoms with E-state index in [2.05, 4.69) is 0 Å². The van der Waals surface area contributed by atoms with Gasteiger partial charge in [-0.3, -0.25) is 4.79 Å². The van der Waals surface area contributed by atoms with Crippen LogP contribution in [0.5, 0.6) is 5.75 Å². The van der Waals surface area contributed by atoms with E-state index in [1.165, 1.54) is 35.2 Å². The minimum Gasteiger partial charge on any atom is -0.508 e. The quantitative estimate of drug-likeness (QED) is 0.883. The first kappa shape index (κ1) is 12.1. The molecule has 0 aromatic heterocycles. The lowest BCUT2D eigenvalue weighted by Crippen LogP contribution is -2.26. The fourth-order valence-corrected chi connectivity index (χ4v) is 1.61. The number of rotatable bonds is 2. The van der Waals surface area contributed by atoms with Crippen LogP contribution in [0.2, 0.25) is 0 Å². The number of nitrogens with zero attached hydrogens (tertiary/aromatic N) is 1. The minimum atomic E-state index is -0.548. The number of aromatic hydroxyl groups is 1. The summed E-state index contributed by atoms with van der Waals surface area (Å²) in [6.45, 7) is 0. The normalized spacial score (nSPS) is 10.1. The molecule has 2 aromatic carbocycles. The van der Waals surface area contributed by atoms with Crippen molar-refractivity contribution in [3.63, 3.8) is 0 Å². The highest BCUT2D eigenvalue weighted by molar-refractivity contribution is 6.05. The average molecular weight is 245 g/mol. The van der Waals surface area contributed by atoms with Gasteiger partial charge in [-0.1, -0.05) is 12.1 Å². The third-order valence-corrected chi connectivity index (χ3v) is 2.65. The Morgan fingerprint density at radius 3 is 2.33 bits per heavy atom. The van der Waals surface area contributed by atoms with Crippen LogP contribution in [-0.2, 0) is 0 Å². The van der Waals surface area contributed by atoms with Gasteiger partial charge in [0.1, 0.15) is 11.6 Å². The molecule has 0 atom stereocenters. The Balaban J connectivity index is 2.29. The van der Waals surface area contributed by atoms with Gasteiger partial charge in [0.2, 0.25) is 0 Å². The van der Waals surface area contributed by atoms with Crippen molar-refractivity contribution in [2.24, 2.45) is 0 Å². The van der Waals surface area contributed by atoms with Gasteiger partial charge in [0.25, 0.3) is 5.91 Å². The number of hydrogen-bond acceptors (Lipinski definition) is 2. The van der Waals surface area contributed by atoms with Crippen LogP contribution in [0, 0.1) is 5.82 Å². The van der Waals surface area contributed by atoms with Crippen LogP contribution in [0.25, 0.3) is 0 Å². The van der Waals surface area contributed by atoms with Gasteiger partial charge in [-0.2, -0.15) is 0 Å². The van der Waals surface area contributed by atoms with E-state index in [0.717, 1.165) is 0 Å². The standard InChI is InChI=1S/C14H12FNO2/c1-16(10-6-8-11(17)9-7-10)14(18)12-4-2-3-5-13(12)15/h2-9,17H,1H3. The molecule has 0 unspecified atom stereocenters. The zero-order valence-electron chi connectivity index (χ0n) is 9.80. The lowest BCUT2D eigenvalue weighted by atomic mass is 10.1. The zero-order valence-corrected chi connectivity index (χ0v) is 9.80. The summed E-state index contributed by atoms with van der Waals surface area (Å²) in [7, 11) is 1.56. The van der Waals surface area contributed by atoms with Crippen molar-refractivity contribution in [3.05, 3.63) is 59.9 Å². The van der Waals surface area contributed by atoms with Gasteiger partial charge in [-0.05, 0) is 36.4 Å². The van der Waals surface area contributed by atoms with Gasteiger partial charge in [0, 0.05) is 12.7 Å². The lowest BCUT2D eigenvalue weighted by molar-refractivity contribution is 0.0989. The maximum Gasteiger partial charge on any atom is 0.260 e. The molecule has 0 radical (unpaired) electrons. The first-order chi connectivity index (χ1) is 8.59. The molecule has 0 saturated carbocycles. The maximum atomic E-state index is 13.5. The predicted molar refractivity (Wildman–Crippen MR) is 67.2 cm³/mol. The SMILES string of the molecule is CN(C(=O)c1ccccc1F)c1ccc(O)cc1. The molecule has 0 heterocycles. The van der Waals surface area contributed by atoms with Crippen molar-refractivity contribution >= 4 is 11.6 Å². The highest BCUT2D eigenvalue weighted by Gasteiger charge is 2.16. The largest absolute Gasteiger partial charge is 0.508 e. The van der Waals surface area contributed by atoms with Gasteiger partial charge in [0.15, 0.2) is 0 Å². The molecule has 4 heteroatoms. The van der Waals surface area contributed by atoms with Crippen LogP contribution in [0.1, 0.15) is 10.4 Å². The van der Waals surface area contributed by atoms with Gasteiger partial charge in [-0.15, -0.1) is 0 Å². The molecular weight excluding hydrogens is 233 g/mol. The second kappa shape index (κ2) is 4.87. The fourth-order valence-electron chi connectivity index (χ4n) is 1.61. The first-order valence-electron chi connectivity index (χ1n) is 5.41. The Labute approximate surface area is 104 Å². The van der Waals surface area contributed by atoms with Gasteiger partial charge in [-0.25, -0.2) is 4.39 Å². The van der Waals surface area contributed by atoms with Crippen molar-refractivity contribution in [2.75, 3.05) is 11.9 Å². The molecule has 0 aliphatic rings. The smallest absolute Gasteiger partial charge is 0.260 e. The molecule has 1 N–H and O–H groups in total. The van der Waals surface area contributed by atoms with Crippen LogP contribution < -0.4 is 4.90 Å². The Hall–Kier alpha value is -2.36. The van der Waals surface area contributed by atoms with E-state index in [-0.39, 0.29) is 11.3 Å². The monoisotopic (exact) mass is 245 g/mol. The molecule has 0 bridgehead atoms. The Bertz CT molecular complexity index is 566. The molecule has 0 spiro atoms. The molecule has 92 valence electrons. The summed E-state index contributed by atoms with van der Waals surface area (Å²) < 4.78 is 13.5. The van der Waals surface area contributed by atoms with E-state index in [0.29, 0.717) is 5.69 Å². The molecular formula is C14H12FNO2. The fraction of sp³-hybridized carbons (Fsp3) is 0.0714. The van der Waals surface area contributed by atoms with E-state index in [9.17, 15) is 14.3 Å². The average Bonchev–Trinajstić information content (AvgIpc) is 2.38. The summed E-state index contributed by atoms with van der Waals surface area (Å²) in [5.74, 6) is -0.864. The summed E-state index contributed by atoms with van der Waals surface area (Å²) >= 11 is 0. The molecule has 0 fully saturated rings. The number of halogens is 1. The maximum absolute atomic E-state index is 13.5. The van der Waals surface area contributed by atoms with E-state index in [1.807, 2.05) is 0 Å². The van der Waals surface area contributed by atoms with Gasteiger partial charge < -0.3 is 10.0 Å². The number of benzene rings is 2. The van der Waals surface area contributed by atoms with Gasteiger partial charge in [0.05, 0.1) is 5.56 Å². The summed E-state index contributed by atoms with van der Waals surface area (Å²) in [4.78, 5) is 13.4. The van der Waals surface area contributed by atoms with Crippen LogP contribution >= 0.6 is 0 Å². The molecule has 1 amide bonds. The minimum absolute atomic E-state index is 0.0214. The molecule has 0 aliphatic carbocycles. The molecule has 0 saturated heterocycles. The molecule has 3 nitrogen and oxygen atoms in total. The number of phenolic OH excluding ortho intramolecular Hbond substituents is 1. The van der Waals surface area contributed by atoms with Gasteiger partial charge >= 0.3 is 0 Å². The van der Waals surface area contributed by atoms with E-state index >= 15 is 0 Å². The molecule has 2 rings (SSSR count). The third kappa shape index (κ3) is 2.32.